The molecular weight excluding hydrogens is 320 g/mol. The van der Waals surface area contributed by atoms with E-state index >= 15 is 0 Å². The molecule has 0 heterocycles. The van der Waals surface area contributed by atoms with Crippen LogP contribution in [0.5, 0.6) is 0 Å². The Bertz CT molecular complexity index is 452. The highest BCUT2D eigenvalue weighted by Crippen LogP contribution is 2.06. The van der Waals surface area contributed by atoms with E-state index in [0.717, 1.165) is 19.3 Å². The number of hydrogen-bond donors (Lipinski definition) is 1. The van der Waals surface area contributed by atoms with Crippen LogP contribution in [0.15, 0.2) is 24.3 Å². The Morgan fingerprint density at radius 3 is 2.04 bits per heavy atom. The van der Waals surface area contributed by atoms with Gasteiger partial charge in [-0.25, -0.2) is 0 Å². The van der Waals surface area contributed by atoms with Crippen molar-refractivity contribution in [3.05, 3.63) is 35.4 Å². The van der Waals surface area contributed by atoms with E-state index in [2.05, 4.69) is 35.9 Å². The van der Waals surface area contributed by atoms with Gasteiger partial charge in [0.25, 0.3) is 0 Å². The van der Waals surface area contributed by atoms with Gasteiger partial charge in [-0.15, -0.1) is 0 Å². The molecular formula is C20H34O5. The number of methoxy groups -OCH3 is 1. The second-order valence-electron chi connectivity index (χ2n) is 5.82. The van der Waals surface area contributed by atoms with Crippen molar-refractivity contribution >= 4 is 11.8 Å². The number of ketones is 1. The first-order chi connectivity index (χ1) is 11.7. The molecule has 0 amide bonds. The first-order valence-electron chi connectivity index (χ1n) is 8.58. The van der Waals surface area contributed by atoms with Gasteiger partial charge in [-0.3, -0.25) is 9.59 Å². The third kappa shape index (κ3) is 22.3. The van der Waals surface area contributed by atoms with Crippen LogP contribution in [0.1, 0.15) is 51.7 Å². The standard InChI is InChI=1S/C11H16O.C6H12O2.C3H6O2/c1-9-3-6-11(7-4-9)8-5-10(2)12;1-3-4-8-5-6(2)7;1-3(4)5-2/h3-4,6-7,10,12H,5,8H2,1-2H3;3-5H2,1-2H3;1-2H3/t10-;;/m1../s1. The summed E-state index contributed by atoms with van der Waals surface area (Å²) in [5, 5.41) is 9.07. The maximum absolute atomic E-state index is 10.2. The molecule has 0 unspecified atom stereocenters. The Balaban J connectivity index is 0. The molecule has 0 spiro atoms. The highest BCUT2D eigenvalue weighted by Gasteiger charge is 1.96. The zero-order valence-electron chi connectivity index (χ0n) is 16.5. The number of Topliss-reactive ketones (excluding diaryl/α,β-unsaturated/α-hetero) is 1. The maximum Gasteiger partial charge on any atom is 0.302 e. The monoisotopic (exact) mass is 354 g/mol. The highest BCUT2D eigenvalue weighted by atomic mass is 16.5. The number of carbonyl (C=O) groups is 2. The first kappa shape index (κ1) is 25.5. The second kappa shape index (κ2) is 17.1. The zero-order valence-corrected chi connectivity index (χ0v) is 16.5. The second-order valence-corrected chi connectivity index (χ2v) is 5.82. The first-order valence-corrected chi connectivity index (χ1v) is 8.58. The summed E-state index contributed by atoms with van der Waals surface area (Å²) in [5.41, 5.74) is 2.59. The van der Waals surface area contributed by atoms with Crippen LogP contribution in [0.4, 0.5) is 0 Å². The number of carbonyl (C=O) groups excluding carboxylic acids is 2. The lowest BCUT2D eigenvalue weighted by molar-refractivity contribution is -0.137. The van der Waals surface area contributed by atoms with Crippen LogP contribution in [-0.4, -0.2) is 43.3 Å². The SMILES string of the molecule is CCCOCC(C)=O.COC(C)=O.Cc1ccc(CC[C@@H](C)O)cc1. The molecule has 25 heavy (non-hydrogen) atoms. The molecule has 1 aromatic carbocycles. The van der Waals surface area contributed by atoms with E-state index in [4.69, 9.17) is 9.84 Å². The number of ether oxygens (including phenoxy) is 2. The molecule has 0 aliphatic heterocycles. The normalized spacial score (nSPS) is 10.5. The molecule has 5 nitrogen and oxygen atoms in total. The van der Waals surface area contributed by atoms with E-state index in [1.54, 1.807) is 0 Å². The number of esters is 1. The van der Waals surface area contributed by atoms with Crippen molar-refractivity contribution < 1.29 is 24.2 Å². The van der Waals surface area contributed by atoms with Gasteiger partial charge < -0.3 is 14.6 Å². The van der Waals surface area contributed by atoms with E-state index in [1.165, 1.54) is 32.1 Å². The lowest BCUT2D eigenvalue weighted by Crippen LogP contribution is -2.03. The Morgan fingerprint density at radius 1 is 1.16 bits per heavy atom. The van der Waals surface area contributed by atoms with Crippen molar-refractivity contribution in [3.8, 4) is 0 Å². The van der Waals surface area contributed by atoms with Crippen molar-refractivity contribution in [1.29, 1.82) is 0 Å². The minimum absolute atomic E-state index is 0.0958. The van der Waals surface area contributed by atoms with Gasteiger partial charge in [0.15, 0.2) is 5.78 Å². The van der Waals surface area contributed by atoms with Gasteiger partial charge in [0, 0.05) is 13.5 Å². The molecule has 5 heteroatoms. The molecule has 0 aliphatic rings. The van der Waals surface area contributed by atoms with Gasteiger partial charge >= 0.3 is 5.97 Å². The number of aliphatic hydroxyl groups is 1. The summed E-state index contributed by atoms with van der Waals surface area (Å²) in [6.07, 6.45) is 2.61. The van der Waals surface area contributed by atoms with Crippen LogP contribution in [0.2, 0.25) is 0 Å². The molecule has 0 bridgehead atoms. The quantitative estimate of drug-likeness (QED) is 0.599. The molecule has 0 saturated carbocycles. The van der Waals surface area contributed by atoms with E-state index in [0.29, 0.717) is 6.61 Å². The Kier molecular flexibility index (Phi) is 17.5. The van der Waals surface area contributed by atoms with Crippen molar-refractivity contribution in [2.45, 2.75) is 60.0 Å². The fourth-order valence-electron chi connectivity index (χ4n) is 1.49. The molecule has 0 aliphatic carbocycles. The molecule has 144 valence electrons. The van der Waals surface area contributed by atoms with E-state index < -0.39 is 0 Å². The van der Waals surface area contributed by atoms with Crippen molar-refractivity contribution in [2.75, 3.05) is 20.3 Å². The average Bonchev–Trinajstić information content (AvgIpc) is 2.55. The predicted molar refractivity (Wildman–Crippen MR) is 101 cm³/mol. The Morgan fingerprint density at radius 2 is 1.68 bits per heavy atom. The molecule has 1 atom stereocenters. The number of benzene rings is 1. The summed E-state index contributed by atoms with van der Waals surface area (Å²) >= 11 is 0. The van der Waals surface area contributed by atoms with Crippen molar-refractivity contribution in [1.82, 2.24) is 0 Å². The largest absolute Gasteiger partial charge is 0.469 e. The van der Waals surface area contributed by atoms with E-state index in [-0.39, 0.29) is 24.5 Å². The molecule has 1 N–H and O–H groups in total. The maximum atomic E-state index is 10.2. The fraction of sp³-hybridized carbons (Fsp3) is 0.600. The summed E-state index contributed by atoms with van der Waals surface area (Å²) in [4.78, 5) is 19.8. The number of hydrogen-bond acceptors (Lipinski definition) is 5. The van der Waals surface area contributed by atoms with Crippen LogP contribution in [0.25, 0.3) is 0 Å². The van der Waals surface area contributed by atoms with Crippen LogP contribution in [0.3, 0.4) is 0 Å². The third-order valence-electron chi connectivity index (χ3n) is 2.91. The summed E-state index contributed by atoms with van der Waals surface area (Å²) in [7, 11) is 1.35. The summed E-state index contributed by atoms with van der Waals surface area (Å²) < 4.78 is 9.01. The molecule has 1 rings (SSSR count). The minimum atomic E-state index is -0.245. The van der Waals surface area contributed by atoms with Gasteiger partial charge in [0.2, 0.25) is 0 Å². The topological polar surface area (TPSA) is 72.8 Å². The Labute approximate surface area is 152 Å². The van der Waals surface area contributed by atoms with Gasteiger partial charge in [0.05, 0.1) is 13.2 Å². The third-order valence-corrected chi connectivity index (χ3v) is 2.91. The van der Waals surface area contributed by atoms with Gasteiger partial charge in [-0.05, 0) is 45.6 Å². The summed E-state index contributed by atoms with van der Waals surface area (Å²) in [6.45, 7) is 9.77. The van der Waals surface area contributed by atoms with Crippen LogP contribution in [-0.2, 0) is 25.5 Å². The average molecular weight is 354 g/mol. The molecule has 0 aromatic heterocycles. The molecule has 0 radical (unpaired) electrons. The van der Waals surface area contributed by atoms with E-state index in [1.807, 2.05) is 13.8 Å². The van der Waals surface area contributed by atoms with Crippen LogP contribution >= 0.6 is 0 Å². The number of aryl methyl sites for hydroxylation is 2. The number of aliphatic hydroxyl groups excluding tert-OH is 1. The summed E-state index contributed by atoms with van der Waals surface area (Å²) in [6, 6.07) is 8.46. The van der Waals surface area contributed by atoms with Gasteiger partial charge in [0.1, 0.15) is 6.61 Å². The van der Waals surface area contributed by atoms with Crippen molar-refractivity contribution in [3.63, 3.8) is 0 Å². The number of rotatable bonds is 7. The van der Waals surface area contributed by atoms with Crippen LogP contribution in [0, 0.1) is 6.92 Å². The Hall–Kier alpha value is -1.72. The van der Waals surface area contributed by atoms with E-state index in [9.17, 15) is 9.59 Å². The zero-order chi connectivity index (χ0) is 19.7. The fourth-order valence-corrected chi connectivity index (χ4v) is 1.49. The van der Waals surface area contributed by atoms with Gasteiger partial charge in [-0.1, -0.05) is 36.8 Å². The van der Waals surface area contributed by atoms with Crippen molar-refractivity contribution in [2.24, 2.45) is 0 Å². The predicted octanol–water partition coefficient (Wildman–Crippen LogP) is 3.49. The molecule has 1 aromatic rings. The lowest BCUT2D eigenvalue weighted by Gasteiger charge is -2.03. The molecule has 0 fully saturated rings. The smallest absolute Gasteiger partial charge is 0.302 e. The lowest BCUT2D eigenvalue weighted by atomic mass is 10.1. The molecule has 0 saturated heterocycles. The minimum Gasteiger partial charge on any atom is -0.469 e. The highest BCUT2D eigenvalue weighted by molar-refractivity contribution is 5.76. The summed E-state index contributed by atoms with van der Waals surface area (Å²) in [5.74, 6) is -0.150. The van der Waals surface area contributed by atoms with Gasteiger partial charge in [-0.2, -0.15) is 0 Å². The van der Waals surface area contributed by atoms with Crippen LogP contribution < -0.4 is 0 Å².